The van der Waals surface area contributed by atoms with Gasteiger partial charge >= 0.3 is 5.97 Å². The van der Waals surface area contributed by atoms with Gasteiger partial charge in [0.25, 0.3) is 0 Å². The van der Waals surface area contributed by atoms with Gasteiger partial charge in [-0.3, -0.25) is 4.79 Å². The molecule has 1 atom stereocenters. The molecule has 5 nitrogen and oxygen atoms in total. The van der Waals surface area contributed by atoms with Crippen LogP contribution in [-0.2, 0) is 9.53 Å². The van der Waals surface area contributed by atoms with E-state index in [0.717, 1.165) is 0 Å². The second kappa shape index (κ2) is 7.97. The highest BCUT2D eigenvalue weighted by atomic mass is 16.5. The molecule has 0 fully saturated rings. The Balaban J connectivity index is 3.17. The number of nitrogens with one attached hydrogen (secondary N) is 1. The van der Waals surface area contributed by atoms with Crippen molar-refractivity contribution in [3.05, 3.63) is 0 Å². The maximum atomic E-state index is 10.1. The highest BCUT2D eigenvalue weighted by molar-refractivity contribution is 5.67. The fourth-order valence-electron chi connectivity index (χ4n) is 0.831. The van der Waals surface area contributed by atoms with Gasteiger partial charge in [0.1, 0.15) is 0 Å². The minimum Gasteiger partial charge on any atom is -0.481 e. The fraction of sp³-hybridized carbons (Fsp3) is 0.875. The van der Waals surface area contributed by atoms with E-state index in [1.807, 2.05) is 6.92 Å². The molecule has 3 N–H and O–H groups in total. The largest absolute Gasteiger partial charge is 0.481 e. The highest BCUT2D eigenvalue weighted by Gasteiger charge is 2.07. The van der Waals surface area contributed by atoms with Crippen LogP contribution in [0.4, 0.5) is 0 Å². The van der Waals surface area contributed by atoms with Crippen LogP contribution in [0.1, 0.15) is 13.3 Å². The Hall–Kier alpha value is -0.650. The molecule has 13 heavy (non-hydrogen) atoms. The first-order chi connectivity index (χ1) is 6.16. The van der Waals surface area contributed by atoms with Crippen molar-refractivity contribution in [1.82, 2.24) is 5.32 Å². The monoisotopic (exact) mass is 191 g/mol. The molecule has 0 aromatic heterocycles. The van der Waals surface area contributed by atoms with Gasteiger partial charge in [0.15, 0.2) is 0 Å². The van der Waals surface area contributed by atoms with Crippen LogP contribution in [0.15, 0.2) is 0 Å². The molecule has 0 radical (unpaired) electrons. The lowest BCUT2D eigenvalue weighted by molar-refractivity contribution is -0.139. The van der Waals surface area contributed by atoms with Gasteiger partial charge in [-0.2, -0.15) is 0 Å². The van der Waals surface area contributed by atoms with Gasteiger partial charge < -0.3 is 20.3 Å². The summed E-state index contributed by atoms with van der Waals surface area (Å²) in [5, 5.41) is 20.3. The molecule has 0 bridgehead atoms. The summed E-state index contributed by atoms with van der Waals surface area (Å²) in [5.41, 5.74) is 0. The zero-order valence-corrected chi connectivity index (χ0v) is 7.82. The van der Waals surface area contributed by atoms with E-state index < -0.39 is 12.1 Å². The van der Waals surface area contributed by atoms with Gasteiger partial charge in [-0.25, -0.2) is 0 Å². The Bertz CT molecular complexity index is 140. The number of aliphatic hydroxyl groups is 1. The zero-order chi connectivity index (χ0) is 10.1. The van der Waals surface area contributed by atoms with E-state index >= 15 is 0 Å². The lowest BCUT2D eigenvalue weighted by Crippen LogP contribution is -2.30. The van der Waals surface area contributed by atoms with Crippen molar-refractivity contribution in [2.24, 2.45) is 0 Å². The van der Waals surface area contributed by atoms with E-state index in [1.54, 1.807) is 0 Å². The lowest BCUT2D eigenvalue weighted by Gasteiger charge is -2.08. The normalized spacial score (nSPS) is 12.8. The van der Waals surface area contributed by atoms with E-state index in [9.17, 15) is 4.79 Å². The van der Waals surface area contributed by atoms with Crippen LogP contribution in [0.2, 0.25) is 0 Å². The summed E-state index contributed by atoms with van der Waals surface area (Å²) in [4.78, 5) is 10.1. The van der Waals surface area contributed by atoms with E-state index in [2.05, 4.69) is 5.32 Å². The summed E-state index contributed by atoms with van der Waals surface area (Å²) in [5.74, 6) is -0.987. The number of rotatable bonds is 8. The van der Waals surface area contributed by atoms with Crippen LogP contribution in [-0.4, -0.2) is 48.6 Å². The third-order valence-electron chi connectivity index (χ3n) is 1.42. The topological polar surface area (TPSA) is 78.8 Å². The third-order valence-corrected chi connectivity index (χ3v) is 1.42. The zero-order valence-electron chi connectivity index (χ0n) is 7.82. The van der Waals surface area contributed by atoms with Crippen LogP contribution in [0, 0.1) is 0 Å². The average molecular weight is 191 g/mol. The van der Waals surface area contributed by atoms with Crippen molar-refractivity contribution in [3.8, 4) is 0 Å². The number of aliphatic hydroxyl groups excluding tert-OH is 1. The first-order valence-corrected chi connectivity index (χ1v) is 4.35. The van der Waals surface area contributed by atoms with Crippen molar-refractivity contribution in [3.63, 3.8) is 0 Å². The van der Waals surface area contributed by atoms with E-state index in [0.29, 0.717) is 26.3 Å². The number of ether oxygens (including phenoxy) is 1. The number of hydrogen-bond donors (Lipinski definition) is 3. The molecular formula is C8H17NO4. The van der Waals surface area contributed by atoms with E-state index in [1.165, 1.54) is 0 Å². The van der Waals surface area contributed by atoms with Crippen molar-refractivity contribution >= 4 is 5.97 Å². The van der Waals surface area contributed by atoms with Crippen LogP contribution >= 0.6 is 0 Å². The van der Waals surface area contributed by atoms with Crippen LogP contribution in [0.25, 0.3) is 0 Å². The van der Waals surface area contributed by atoms with Crippen LogP contribution in [0.3, 0.4) is 0 Å². The number of hydrogen-bond acceptors (Lipinski definition) is 4. The number of carboxylic acids is 1. The molecular weight excluding hydrogens is 174 g/mol. The molecule has 0 heterocycles. The SMILES string of the molecule is CCOCCNCC(O)CC(=O)O. The first kappa shape index (κ1) is 12.3. The van der Waals surface area contributed by atoms with Gasteiger partial charge in [0.2, 0.25) is 0 Å². The average Bonchev–Trinajstić information content (AvgIpc) is 2.02. The Kier molecular flexibility index (Phi) is 7.57. The minimum absolute atomic E-state index is 0.221. The number of carbonyl (C=O) groups is 1. The highest BCUT2D eigenvalue weighted by Crippen LogP contribution is 1.88. The van der Waals surface area contributed by atoms with Gasteiger partial charge in [-0.1, -0.05) is 0 Å². The Morgan fingerprint density at radius 2 is 2.31 bits per heavy atom. The van der Waals surface area contributed by atoms with E-state index in [-0.39, 0.29) is 6.42 Å². The molecule has 0 saturated carbocycles. The van der Waals surface area contributed by atoms with Gasteiger partial charge in [-0.05, 0) is 6.92 Å². The molecule has 1 unspecified atom stereocenters. The standard InChI is InChI=1S/C8H17NO4/c1-2-13-4-3-9-6-7(10)5-8(11)12/h7,9-10H,2-6H2,1H3,(H,11,12). The molecule has 0 saturated heterocycles. The van der Waals surface area contributed by atoms with Gasteiger partial charge in [-0.15, -0.1) is 0 Å². The molecule has 0 aliphatic heterocycles. The molecule has 0 rings (SSSR count). The molecule has 0 spiro atoms. The quantitative estimate of drug-likeness (QED) is 0.448. The van der Waals surface area contributed by atoms with Crippen molar-refractivity contribution in [2.75, 3.05) is 26.3 Å². The summed E-state index contributed by atoms with van der Waals surface area (Å²) >= 11 is 0. The Morgan fingerprint density at radius 1 is 1.62 bits per heavy atom. The van der Waals surface area contributed by atoms with Crippen molar-refractivity contribution in [1.29, 1.82) is 0 Å². The second-order valence-corrected chi connectivity index (χ2v) is 2.65. The summed E-state index contributed by atoms with van der Waals surface area (Å²) in [7, 11) is 0. The molecule has 5 heteroatoms. The van der Waals surface area contributed by atoms with Crippen LogP contribution < -0.4 is 5.32 Å². The van der Waals surface area contributed by atoms with E-state index in [4.69, 9.17) is 14.9 Å². The Morgan fingerprint density at radius 3 is 2.85 bits per heavy atom. The summed E-state index contributed by atoms with van der Waals surface area (Å²) in [6, 6.07) is 0. The molecule has 0 aromatic rings. The smallest absolute Gasteiger partial charge is 0.306 e. The Labute approximate surface area is 77.7 Å². The molecule has 0 aliphatic rings. The molecule has 0 aliphatic carbocycles. The van der Waals surface area contributed by atoms with Crippen LogP contribution in [0.5, 0.6) is 0 Å². The maximum Gasteiger partial charge on any atom is 0.306 e. The van der Waals surface area contributed by atoms with Gasteiger partial charge in [0, 0.05) is 19.7 Å². The fourth-order valence-corrected chi connectivity index (χ4v) is 0.831. The predicted molar refractivity (Wildman–Crippen MR) is 47.6 cm³/mol. The first-order valence-electron chi connectivity index (χ1n) is 4.35. The summed E-state index contributed by atoms with van der Waals surface area (Å²) in [6.07, 6.45) is -1.04. The number of carboxylic acid groups (broad SMARTS) is 1. The van der Waals surface area contributed by atoms with Crippen molar-refractivity contribution < 1.29 is 19.7 Å². The summed E-state index contributed by atoms with van der Waals surface area (Å²) in [6.45, 7) is 4.07. The lowest BCUT2D eigenvalue weighted by atomic mass is 10.2. The third kappa shape index (κ3) is 9.26. The summed E-state index contributed by atoms with van der Waals surface area (Å²) < 4.78 is 5.04. The molecule has 78 valence electrons. The number of aliphatic carboxylic acids is 1. The molecule has 0 amide bonds. The maximum absolute atomic E-state index is 10.1. The van der Waals surface area contributed by atoms with Crippen molar-refractivity contribution in [2.45, 2.75) is 19.4 Å². The molecule has 0 aromatic carbocycles. The predicted octanol–water partition coefficient (Wildman–Crippen LogP) is -0.552. The second-order valence-electron chi connectivity index (χ2n) is 2.65. The van der Waals surface area contributed by atoms with Gasteiger partial charge in [0.05, 0.1) is 19.1 Å². The minimum atomic E-state index is -0.987.